The fraction of sp³-hybridized carbons (Fsp3) is 0.364. The molecule has 14 heavy (non-hydrogen) atoms. The molecule has 0 bridgehead atoms. The van der Waals surface area contributed by atoms with Gasteiger partial charge in [-0.15, -0.1) is 0 Å². The number of carboxylic acid groups (broad SMARTS) is 1. The molecule has 0 amide bonds. The summed E-state index contributed by atoms with van der Waals surface area (Å²) in [6.45, 7) is 2.04. The van der Waals surface area contributed by atoms with E-state index in [1.807, 2.05) is 37.3 Å². The Morgan fingerprint density at radius 3 is 2.57 bits per heavy atom. The van der Waals surface area contributed by atoms with Crippen LogP contribution in [0.3, 0.4) is 0 Å². The molecule has 1 aromatic carbocycles. The highest BCUT2D eigenvalue weighted by atomic mass is 16.4. The highest BCUT2D eigenvalue weighted by Gasteiger charge is 2.08. The molecule has 0 spiro atoms. The number of rotatable bonds is 5. The van der Waals surface area contributed by atoms with Crippen molar-refractivity contribution < 1.29 is 9.90 Å². The number of aliphatic carboxylic acids is 1. The van der Waals surface area contributed by atoms with Gasteiger partial charge in [0.15, 0.2) is 0 Å². The molecule has 1 rings (SSSR count). The van der Waals surface area contributed by atoms with E-state index >= 15 is 0 Å². The molecule has 0 aliphatic heterocycles. The summed E-state index contributed by atoms with van der Waals surface area (Å²) in [7, 11) is 0. The zero-order chi connectivity index (χ0) is 10.4. The van der Waals surface area contributed by atoms with Gasteiger partial charge in [0, 0.05) is 6.04 Å². The summed E-state index contributed by atoms with van der Waals surface area (Å²) >= 11 is 0. The lowest BCUT2D eigenvalue weighted by Gasteiger charge is -2.15. The van der Waals surface area contributed by atoms with Crippen LogP contribution in [0, 0.1) is 0 Å². The summed E-state index contributed by atoms with van der Waals surface area (Å²) < 4.78 is 0. The van der Waals surface area contributed by atoms with Crippen LogP contribution in [0.15, 0.2) is 30.3 Å². The van der Waals surface area contributed by atoms with E-state index in [1.54, 1.807) is 0 Å². The van der Waals surface area contributed by atoms with Gasteiger partial charge in [-0.25, -0.2) is 0 Å². The fourth-order valence-corrected chi connectivity index (χ4v) is 1.39. The van der Waals surface area contributed by atoms with Crippen LogP contribution in [0.25, 0.3) is 0 Å². The maximum atomic E-state index is 10.4. The average molecular weight is 193 g/mol. The predicted octanol–water partition coefficient (Wildman–Crippen LogP) is 1.81. The number of carbonyl (C=O) groups is 1. The van der Waals surface area contributed by atoms with E-state index < -0.39 is 5.97 Å². The molecule has 0 aliphatic rings. The quantitative estimate of drug-likeness (QED) is 0.749. The molecular weight excluding hydrogens is 178 g/mol. The van der Waals surface area contributed by atoms with Crippen LogP contribution in [-0.4, -0.2) is 17.6 Å². The minimum Gasteiger partial charge on any atom is -0.480 e. The number of benzene rings is 1. The van der Waals surface area contributed by atoms with Crippen molar-refractivity contribution in [1.82, 2.24) is 5.32 Å². The second-order valence-electron chi connectivity index (χ2n) is 3.15. The van der Waals surface area contributed by atoms with Gasteiger partial charge in [-0.1, -0.05) is 37.3 Å². The maximum Gasteiger partial charge on any atom is 0.317 e. The van der Waals surface area contributed by atoms with E-state index in [2.05, 4.69) is 5.32 Å². The first-order valence-corrected chi connectivity index (χ1v) is 4.74. The van der Waals surface area contributed by atoms with Crippen LogP contribution in [0.1, 0.15) is 24.9 Å². The summed E-state index contributed by atoms with van der Waals surface area (Å²) in [5.41, 5.74) is 1.14. The normalized spacial score (nSPS) is 12.4. The molecule has 0 saturated carbocycles. The molecule has 0 saturated heterocycles. The third-order valence-corrected chi connectivity index (χ3v) is 2.11. The lowest BCUT2D eigenvalue weighted by atomic mass is 10.1. The highest BCUT2D eigenvalue weighted by Crippen LogP contribution is 2.15. The standard InChI is InChI=1S/C11H15NO2/c1-2-10(12-8-11(13)14)9-6-4-3-5-7-9/h3-7,10,12H,2,8H2,1H3,(H,13,14). The smallest absolute Gasteiger partial charge is 0.317 e. The Bertz CT molecular complexity index is 285. The van der Waals surface area contributed by atoms with Gasteiger partial charge in [-0.2, -0.15) is 0 Å². The Labute approximate surface area is 83.8 Å². The van der Waals surface area contributed by atoms with Gasteiger partial charge in [-0.3, -0.25) is 4.79 Å². The average Bonchev–Trinajstić information content (AvgIpc) is 2.20. The monoisotopic (exact) mass is 193 g/mol. The Morgan fingerprint density at radius 1 is 1.43 bits per heavy atom. The molecular formula is C11H15NO2. The largest absolute Gasteiger partial charge is 0.480 e. The second-order valence-corrected chi connectivity index (χ2v) is 3.15. The Balaban J connectivity index is 2.58. The van der Waals surface area contributed by atoms with Gasteiger partial charge >= 0.3 is 5.97 Å². The van der Waals surface area contributed by atoms with Crippen LogP contribution < -0.4 is 5.32 Å². The van der Waals surface area contributed by atoms with E-state index in [4.69, 9.17) is 5.11 Å². The van der Waals surface area contributed by atoms with Crippen molar-refractivity contribution in [2.24, 2.45) is 0 Å². The molecule has 0 fully saturated rings. The van der Waals surface area contributed by atoms with Crippen molar-refractivity contribution in [1.29, 1.82) is 0 Å². The van der Waals surface area contributed by atoms with Crippen LogP contribution in [0.5, 0.6) is 0 Å². The topological polar surface area (TPSA) is 49.3 Å². The van der Waals surface area contributed by atoms with Gasteiger partial charge < -0.3 is 10.4 Å². The van der Waals surface area contributed by atoms with Gasteiger partial charge in [0.25, 0.3) is 0 Å². The van der Waals surface area contributed by atoms with E-state index in [0.717, 1.165) is 12.0 Å². The number of nitrogens with one attached hydrogen (secondary N) is 1. The van der Waals surface area contributed by atoms with E-state index in [-0.39, 0.29) is 12.6 Å². The predicted molar refractivity (Wildman–Crippen MR) is 55.1 cm³/mol. The van der Waals surface area contributed by atoms with Crippen molar-refractivity contribution in [2.45, 2.75) is 19.4 Å². The molecule has 76 valence electrons. The summed E-state index contributed by atoms with van der Waals surface area (Å²) in [5, 5.41) is 11.5. The van der Waals surface area contributed by atoms with E-state index in [0.29, 0.717) is 0 Å². The molecule has 3 heteroatoms. The minimum absolute atomic E-state index is 0.00734. The Kier molecular flexibility index (Phi) is 4.13. The van der Waals surface area contributed by atoms with Gasteiger partial charge in [0.2, 0.25) is 0 Å². The molecule has 0 radical (unpaired) electrons. The molecule has 0 heterocycles. The third kappa shape index (κ3) is 3.18. The second kappa shape index (κ2) is 5.40. The van der Waals surface area contributed by atoms with Gasteiger partial charge in [0.1, 0.15) is 0 Å². The first-order valence-electron chi connectivity index (χ1n) is 4.74. The van der Waals surface area contributed by atoms with Crippen molar-refractivity contribution in [3.8, 4) is 0 Å². The molecule has 1 aromatic rings. The van der Waals surface area contributed by atoms with E-state index in [1.165, 1.54) is 0 Å². The lowest BCUT2D eigenvalue weighted by molar-refractivity contribution is -0.136. The van der Waals surface area contributed by atoms with Gasteiger partial charge in [-0.05, 0) is 12.0 Å². The van der Waals surface area contributed by atoms with Crippen molar-refractivity contribution in [2.75, 3.05) is 6.54 Å². The molecule has 1 unspecified atom stereocenters. The number of hydrogen-bond donors (Lipinski definition) is 2. The van der Waals surface area contributed by atoms with Crippen LogP contribution in [-0.2, 0) is 4.79 Å². The first-order chi connectivity index (χ1) is 6.74. The van der Waals surface area contributed by atoms with Crippen LogP contribution in [0.2, 0.25) is 0 Å². The summed E-state index contributed by atoms with van der Waals surface area (Å²) in [6, 6.07) is 10.0. The summed E-state index contributed by atoms with van der Waals surface area (Å²) in [4.78, 5) is 10.4. The zero-order valence-corrected chi connectivity index (χ0v) is 8.23. The van der Waals surface area contributed by atoms with Crippen LogP contribution >= 0.6 is 0 Å². The van der Waals surface area contributed by atoms with Crippen molar-refractivity contribution >= 4 is 5.97 Å². The van der Waals surface area contributed by atoms with Crippen molar-refractivity contribution in [3.05, 3.63) is 35.9 Å². The molecule has 1 atom stereocenters. The SMILES string of the molecule is CCC(NCC(=O)O)c1ccccc1. The third-order valence-electron chi connectivity index (χ3n) is 2.11. The summed E-state index contributed by atoms with van der Waals surface area (Å²) in [6.07, 6.45) is 0.886. The first kappa shape index (κ1) is 10.7. The summed E-state index contributed by atoms with van der Waals surface area (Å²) in [5.74, 6) is -0.820. The zero-order valence-electron chi connectivity index (χ0n) is 8.23. The number of hydrogen-bond acceptors (Lipinski definition) is 2. The molecule has 2 N–H and O–H groups in total. The lowest BCUT2D eigenvalue weighted by Crippen LogP contribution is -2.26. The van der Waals surface area contributed by atoms with Gasteiger partial charge in [0.05, 0.1) is 6.54 Å². The van der Waals surface area contributed by atoms with E-state index in [9.17, 15) is 4.79 Å². The molecule has 0 aromatic heterocycles. The Morgan fingerprint density at radius 2 is 2.07 bits per heavy atom. The number of carboxylic acids is 1. The minimum atomic E-state index is -0.820. The van der Waals surface area contributed by atoms with Crippen LogP contribution in [0.4, 0.5) is 0 Å². The highest BCUT2D eigenvalue weighted by molar-refractivity contribution is 5.69. The maximum absolute atomic E-state index is 10.4. The molecule has 0 aliphatic carbocycles. The van der Waals surface area contributed by atoms with Crippen molar-refractivity contribution in [3.63, 3.8) is 0 Å². The fourth-order valence-electron chi connectivity index (χ4n) is 1.39. The molecule has 3 nitrogen and oxygen atoms in total. The Hall–Kier alpha value is -1.35.